The molecule has 1 aromatic heterocycles. The van der Waals surface area contributed by atoms with E-state index in [1.54, 1.807) is 6.92 Å². The standard InChI is InChI=1S/C11H9ClFN3OS/c1-5-2-6(13)3-7(12)9(5)16-10(17)8-4-15-11(14)18-8/h2-4H,1H3,(H2,14,15)(H,16,17). The van der Waals surface area contributed by atoms with Crippen LogP contribution in [-0.4, -0.2) is 10.9 Å². The molecular weight excluding hydrogens is 277 g/mol. The summed E-state index contributed by atoms with van der Waals surface area (Å²) in [5.41, 5.74) is 6.37. The smallest absolute Gasteiger partial charge is 0.267 e. The molecule has 94 valence electrons. The van der Waals surface area contributed by atoms with E-state index in [1.165, 1.54) is 12.3 Å². The van der Waals surface area contributed by atoms with Gasteiger partial charge in [-0.05, 0) is 24.6 Å². The number of thiazole rings is 1. The van der Waals surface area contributed by atoms with Crippen LogP contribution in [-0.2, 0) is 0 Å². The summed E-state index contributed by atoms with van der Waals surface area (Å²) >= 11 is 6.95. The molecular formula is C11H9ClFN3OS. The monoisotopic (exact) mass is 285 g/mol. The number of rotatable bonds is 2. The Morgan fingerprint density at radius 3 is 2.83 bits per heavy atom. The normalized spacial score (nSPS) is 10.4. The van der Waals surface area contributed by atoms with Gasteiger partial charge in [0.25, 0.3) is 5.91 Å². The Morgan fingerprint density at radius 2 is 2.28 bits per heavy atom. The second kappa shape index (κ2) is 4.91. The fraction of sp³-hybridized carbons (Fsp3) is 0.0909. The number of nitrogens with two attached hydrogens (primary N) is 1. The molecule has 2 rings (SSSR count). The largest absolute Gasteiger partial charge is 0.375 e. The van der Waals surface area contributed by atoms with Crippen LogP contribution in [0.3, 0.4) is 0 Å². The van der Waals surface area contributed by atoms with Crippen molar-refractivity contribution in [1.29, 1.82) is 0 Å². The van der Waals surface area contributed by atoms with Gasteiger partial charge in [0.2, 0.25) is 0 Å². The van der Waals surface area contributed by atoms with Crippen molar-refractivity contribution < 1.29 is 9.18 Å². The first kappa shape index (κ1) is 12.8. The van der Waals surface area contributed by atoms with Gasteiger partial charge < -0.3 is 11.1 Å². The second-order valence-electron chi connectivity index (χ2n) is 3.60. The van der Waals surface area contributed by atoms with Crippen LogP contribution >= 0.6 is 22.9 Å². The minimum atomic E-state index is -0.447. The molecule has 0 fully saturated rings. The number of anilines is 2. The molecule has 1 aromatic carbocycles. The molecule has 1 amide bonds. The van der Waals surface area contributed by atoms with Gasteiger partial charge in [-0.3, -0.25) is 4.79 Å². The maximum absolute atomic E-state index is 13.1. The Labute approximate surface area is 112 Å². The van der Waals surface area contributed by atoms with E-state index >= 15 is 0 Å². The SMILES string of the molecule is Cc1cc(F)cc(Cl)c1NC(=O)c1cnc(N)s1. The van der Waals surface area contributed by atoms with Crippen molar-refractivity contribution in [2.24, 2.45) is 0 Å². The molecule has 18 heavy (non-hydrogen) atoms. The van der Waals surface area contributed by atoms with Crippen molar-refractivity contribution >= 4 is 39.7 Å². The zero-order valence-electron chi connectivity index (χ0n) is 9.33. The molecule has 0 aliphatic carbocycles. The number of nitrogen functional groups attached to an aromatic ring is 1. The lowest BCUT2D eigenvalue weighted by Gasteiger charge is -2.09. The molecule has 0 radical (unpaired) electrons. The van der Waals surface area contributed by atoms with Crippen molar-refractivity contribution in [1.82, 2.24) is 4.98 Å². The Morgan fingerprint density at radius 1 is 1.56 bits per heavy atom. The highest BCUT2D eigenvalue weighted by Crippen LogP contribution is 2.28. The van der Waals surface area contributed by atoms with Gasteiger partial charge in [0.1, 0.15) is 10.7 Å². The summed E-state index contributed by atoms with van der Waals surface area (Å²) < 4.78 is 13.1. The molecule has 4 nitrogen and oxygen atoms in total. The predicted molar refractivity (Wildman–Crippen MR) is 70.6 cm³/mol. The fourth-order valence-electron chi connectivity index (χ4n) is 1.43. The van der Waals surface area contributed by atoms with Crippen LogP contribution in [0, 0.1) is 12.7 Å². The van der Waals surface area contributed by atoms with Crippen LogP contribution in [0.4, 0.5) is 15.2 Å². The molecule has 0 saturated heterocycles. The van der Waals surface area contributed by atoms with Crippen molar-refractivity contribution in [2.45, 2.75) is 6.92 Å². The summed E-state index contributed by atoms with van der Waals surface area (Å²) in [6, 6.07) is 2.44. The Balaban J connectivity index is 2.27. The highest BCUT2D eigenvalue weighted by atomic mass is 35.5. The van der Waals surface area contributed by atoms with Crippen LogP contribution in [0.25, 0.3) is 0 Å². The van der Waals surface area contributed by atoms with Crippen LogP contribution in [0.5, 0.6) is 0 Å². The summed E-state index contributed by atoms with van der Waals surface area (Å²) in [5.74, 6) is -0.821. The number of benzene rings is 1. The van der Waals surface area contributed by atoms with E-state index in [-0.39, 0.29) is 10.9 Å². The molecule has 3 N–H and O–H groups in total. The molecule has 1 heterocycles. The highest BCUT2D eigenvalue weighted by molar-refractivity contribution is 7.17. The molecule has 0 aliphatic rings. The van der Waals surface area contributed by atoms with Gasteiger partial charge >= 0.3 is 0 Å². The van der Waals surface area contributed by atoms with E-state index in [0.29, 0.717) is 21.3 Å². The van der Waals surface area contributed by atoms with E-state index in [0.717, 1.165) is 17.4 Å². The third-order valence-electron chi connectivity index (χ3n) is 2.24. The van der Waals surface area contributed by atoms with Gasteiger partial charge in [-0.2, -0.15) is 0 Å². The second-order valence-corrected chi connectivity index (χ2v) is 5.07. The average molecular weight is 286 g/mol. The molecule has 0 saturated carbocycles. The maximum atomic E-state index is 13.1. The van der Waals surface area contributed by atoms with Crippen molar-refractivity contribution in [3.63, 3.8) is 0 Å². The quantitative estimate of drug-likeness (QED) is 0.891. The van der Waals surface area contributed by atoms with Crippen LogP contribution < -0.4 is 11.1 Å². The zero-order valence-corrected chi connectivity index (χ0v) is 10.9. The van der Waals surface area contributed by atoms with E-state index in [9.17, 15) is 9.18 Å². The minimum Gasteiger partial charge on any atom is -0.375 e. The molecule has 2 aromatic rings. The number of nitrogens with zero attached hydrogens (tertiary/aromatic N) is 1. The summed E-state index contributed by atoms with van der Waals surface area (Å²) in [5, 5.41) is 3.07. The number of nitrogens with one attached hydrogen (secondary N) is 1. The molecule has 0 unspecified atom stereocenters. The number of hydrogen-bond acceptors (Lipinski definition) is 4. The van der Waals surface area contributed by atoms with Crippen LogP contribution in [0.2, 0.25) is 5.02 Å². The third kappa shape index (κ3) is 2.60. The first-order valence-corrected chi connectivity index (χ1v) is 6.15. The summed E-state index contributed by atoms with van der Waals surface area (Å²) in [6.45, 7) is 1.66. The topological polar surface area (TPSA) is 68.0 Å². The predicted octanol–water partition coefficient (Wildman–Crippen LogP) is 3.08. The molecule has 0 spiro atoms. The zero-order chi connectivity index (χ0) is 13.3. The lowest BCUT2D eigenvalue weighted by molar-refractivity contribution is 0.103. The number of carbonyl (C=O) groups excluding carboxylic acids is 1. The Hall–Kier alpha value is -1.66. The number of hydrogen-bond donors (Lipinski definition) is 2. The molecule has 7 heteroatoms. The molecule has 0 bridgehead atoms. The number of aryl methyl sites for hydroxylation is 1. The maximum Gasteiger partial charge on any atom is 0.267 e. The van der Waals surface area contributed by atoms with E-state index in [4.69, 9.17) is 17.3 Å². The van der Waals surface area contributed by atoms with Crippen LogP contribution in [0.1, 0.15) is 15.2 Å². The van der Waals surface area contributed by atoms with Crippen molar-refractivity contribution in [2.75, 3.05) is 11.1 Å². The Bertz CT molecular complexity index is 591. The third-order valence-corrected chi connectivity index (χ3v) is 3.36. The number of carbonyl (C=O) groups is 1. The minimum absolute atomic E-state index is 0.151. The summed E-state index contributed by atoms with van der Waals surface area (Å²) in [7, 11) is 0. The lowest BCUT2D eigenvalue weighted by Crippen LogP contribution is -2.11. The van der Waals surface area contributed by atoms with Gasteiger partial charge in [0.05, 0.1) is 16.9 Å². The summed E-state index contributed by atoms with van der Waals surface area (Å²) in [6.07, 6.45) is 1.38. The highest BCUT2D eigenvalue weighted by Gasteiger charge is 2.14. The molecule has 0 aliphatic heterocycles. The number of amides is 1. The number of halogens is 2. The molecule has 0 atom stereocenters. The lowest BCUT2D eigenvalue weighted by atomic mass is 10.2. The fourth-order valence-corrected chi connectivity index (χ4v) is 2.31. The Kier molecular flexibility index (Phi) is 3.49. The van der Waals surface area contributed by atoms with E-state index < -0.39 is 5.82 Å². The van der Waals surface area contributed by atoms with Gasteiger partial charge in [0, 0.05) is 0 Å². The van der Waals surface area contributed by atoms with Gasteiger partial charge in [-0.15, -0.1) is 0 Å². The average Bonchev–Trinajstić information content (AvgIpc) is 2.70. The van der Waals surface area contributed by atoms with Crippen molar-refractivity contribution in [3.8, 4) is 0 Å². The van der Waals surface area contributed by atoms with Gasteiger partial charge in [0.15, 0.2) is 5.13 Å². The first-order valence-electron chi connectivity index (χ1n) is 4.95. The van der Waals surface area contributed by atoms with Gasteiger partial charge in [-0.1, -0.05) is 22.9 Å². The van der Waals surface area contributed by atoms with Crippen LogP contribution in [0.15, 0.2) is 18.3 Å². The summed E-state index contributed by atoms with van der Waals surface area (Å²) in [4.78, 5) is 16.0. The number of aromatic nitrogens is 1. The van der Waals surface area contributed by atoms with E-state index in [1.807, 2.05) is 0 Å². The first-order chi connectivity index (χ1) is 8.47. The van der Waals surface area contributed by atoms with Crippen molar-refractivity contribution in [3.05, 3.63) is 39.6 Å². The van der Waals surface area contributed by atoms with Gasteiger partial charge in [-0.25, -0.2) is 9.37 Å². The van der Waals surface area contributed by atoms with E-state index in [2.05, 4.69) is 10.3 Å².